The van der Waals surface area contributed by atoms with Crippen molar-refractivity contribution in [3.8, 4) is 0 Å². The molecule has 6 heteroatoms. The van der Waals surface area contributed by atoms with Crippen LogP contribution in [0.2, 0.25) is 0 Å². The maximum atomic E-state index is 11.8. The number of nitrogens with one attached hydrogen (secondary N) is 2. The fourth-order valence-corrected chi connectivity index (χ4v) is 2.44. The van der Waals surface area contributed by atoms with Crippen molar-refractivity contribution in [2.24, 2.45) is 0 Å². The van der Waals surface area contributed by atoms with Crippen LogP contribution in [0.3, 0.4) is 0 Å². The summed E-state index contributed by atoms with van der Waals surface area (Å²) in [5.41, 5.74) is 1.52. The highest BCUT2D eigenvalue weighted by Gasteiger charge is 2.06. The molecule has 2 rings (SSSR count). The number of hydrogen-bond acceptors (Lipinski definition) is 4. The Morgan fingerprint density at radius 3 is 2.67 bits per heavy atom. The summed E-state index contributed by atoms with van der Waals surface area (Å²) < 4.78 is 0. The lowest BCUT2D eigenvalue weighted by Gasteiger charge is -2.05. The van der Waals surface area contributed by atoms with Crippen molar-refractivity contribution in [3.05, 3.63) is 47.0 Å². The third-order valence-electron chi connectivity index (χ3n) is 2.77. The van der Waals surface area contributed by atoms with Crippen LogP contribution in [0, 0.1) is 6.92 Å². The number of anilines is 1. The van der Waals surface area contributed by atoms with Crippen LogP contribution < -0.4 is 10.6 Å². The zero-order chi connectivity index (χ0) is 15.1. The van der Waals surface area contributed by atoms with E-state index < -0.39 is 0 Å². The van der Waals surface area contributed by atoms with Crippen LogP contribution in [0.5, 0.6) is 0 Å². The molecule has 0 aliphatic rings. The molecule has 0 fully saturated rings. The van der Waals surface area contributed by atoms with Gasteiger partial charge in [-0.3, -0.25) is 9.59 Å². The first-order valence-corrected chi connectivity index (χ1v) is 7.58. The average molecular weight is 303 g/mol. The van der Waals surface area contributed by atoms with Gasteiger partial charge in [-0.15, -0.1) is 11.3 Å². The van der Waals surface area contributed by atoms with E-state index in [-0.39, 0.29) is 11.8 Å². The molecule has 1 heterocycles. The predicted octanol–water partition coefficient (Wildman–Crippen LogP) is 2.60. The van der Waals surface area contributed by atoms with E-state index in [0.717, 1.165) is 5.69 Å². The number of amides is 2. The molecule has 0 bridgehead atoms. The third kappa shape index (κ3) is 5.00. The molecule has 0 aliphatic carbocycles. The van der Waals surface area contributed by atoms with Gasteiger partial charge in [0.15, 0.2) is 5.13 Å². The lowest BCUT2D eigenvalue weighted by Crippen LogP contribution is -2.25. The highest BCUT2D eigenvalue weighted by atomic mass is 32.1. The number of hydrogen-bond donors (Lipinski definition) is 2. The third-order valence-corrected chi connectivity index (χ3v) is 3.64. The molecule has 0 aliphatic heterocycles. The maximum absolute atomic E-state index is 11.8. The molecule has 0 spiro atoms. The molecule has 0 radical (unpaired) electrons. The number of benzene rings is 1. The van der Waals surface area contributed by atoms with Gasteiger partial charge in [-0.2, -0.15) is 0 Å². The molecule has 1 aromatic heterocycles. The summed E-state index contributed by atoms with van der Waals surface area (Å²) in [6, 6.07) is 9.01. The zero-order valence-electron chi connectivity index (χ0n) is 11.8. The first-order chi connectivity index (χ1) is 10.1. The van der Waals surface area contributed by atoms with Gasteiger partial charge in [0.2, 0.25) is 5.91 Å². The van der Waals surface area contributed by atoms with E-state index >= 15 is 0 Å². The van der Waals surface area contributed by atoms with Gasteiger partial charge in [-0.05, 0) is 25.5 Å². The molecular formula is C15H17N3O2S. The fourth-order valence-electron chi connectivity index (χ4n) is 1.74. The molecule has 2 amide bonds. The fraction of sp³-hybridized carbons (Fsp3) is 0.267. The first-order valence-electron chi connectivity index (χ1n) is 6.70. The zero-order valence-corrected chi connectivity index (χ0v) is 12.6. The van der Waals surface area contributed by atoms with Gasteiger partial charge in [-0.25, -0.2) is 4.98 Å². The normalized spacial score (nSPS) is 10.1. The quantitative estimate of drug-likeness (QED) is 0.806. The predicted molar refractivity (Wildman–Crippen MR) is 83.5 cm³/mol. The molecule has 0 saturated heterocycles. The van der Waals surface area contributed by atoms with Crippen LogP contribution in [0.1, 0.15) is 28.9 Å². The minimum absolute atomic E-state index is 0.0849. The second-order valence-electron chi connectivity index (χ2n) is 4.57. The van der Waals surface area contributed by atoms with Crippen molar-refractivity contribution in [2.75, 3.05) is 11.9 Å². The summed E-state index contributed by atoms with van der Waals surface area (Å²) in [4.78, 5) is 27.6. The summed E-state index contributed by atoms with van der Waals surface area (Å²) >= 11 is 1.41. The first kappa shape index (κ1) is 15.2. The maximum Gasteiger partial charge on any atom is 0.251 e. The number of aromatic nitrogens is 1. The number of carbonyl (C=O) groups excluding carboxylic acids is 2. The number of thiazole rings is 1. The molecule has 21 heavy (non-hydrogen) atoms. The van der Waals surface area contributed by atoms with Crippen molar-refractivity contribution in [3.63, 3.8) is 0 Å². The molecule has 5 nitrogen and oxygen atoms in total. The molecule has 0 atom stereocenters. The van der Waals surface area contributed by atoms with E-state index in [4.69, 9.17) is 0 Å². The Morgan fingerprint density at radius 2 is 2.00 bits per heavy atom. The van der Waals surface area contributed by atoms with Gasteiger partial charge >= 0.3 is 0 Å². The van der Waals surface area contributed by atoms with Crippen molar-refractivity contribution >= 4 is 28.3 Å². The Bertz CT molecular complexity index is 610. The summed E-state index contributed by atoms with van der Waals surface area (Å²) in [6.45, 7) is 2.35. The lowest BCUT2D eigenvalue weighted by molar-refractivity contribution is -0.116. The van der Waals surface area contributed by atoms with E-state index in [9.17, 15) is 9.59 Å². The smallest absolute Gasteiger partial charge is 0.251 e. The number of aryl methyl sites for hydroxylation is 1. The second kappa shape index (κ2) is 7.54. The van der Waals surface area contributed by atoms with Crippen LogP contribution in [-0.4, -0.2) is 23.3 Å². The average Bonchev–Trinajstić information content (AvgIpc) is 2.89. The molecule has 0 unspecified atom stereocenters. The molecule has 0 saturated carbocycles. The topological polar surface area (TPSA) is 71.1 Å². The van der Waals surface area contributed by atoms with E-state index in [1.807, 2.05) is 30.5 Å². The number of nitrogens with zero attached hydrogens (tertiary/aromatic N) is 1. The van der Waals surface area contributed by atoms with Gasteiger partial charge in [-0.1, -0.05) is 18.2 Å². The van der Waals surface area contributed by atoms with Crippen LogP contribution in [0.25, 0.3) is 0 Å². The Kier molecular flexibility index (Phi) is 5.45. The van der Waals surface area contributed by atoms with Crippen molar-refractivity contribution < 1.29 is 9.59 Å². The molecular weight excluding hydrogens is 286 g/mol. The van der Waals surface area contributed by atoms with Crippen molar-refractivity contribution in [1.29, 1.82) is 0 Å². The van der Waals surface area contributed by atoms with E-state index in [1.165, 1.54) is 11.3 Å². The Hall–Kier alpha value is -2.21. The largest absolute Gasteiger partial charge is 0.352 e. The monoisotopic (exact) mass is 303 g/mol. The van der Waals surface area contributed by atoms with Gasteiger partial charge in [0.05, 0.1) is 5.69 Å². The minimum atomic E-state index is -0.119. The molecule has 1 aromatic carbocycles. The number of carbonyl (C=O) groups is 2. The summed E-state index contributed by atoms with van der Waals surface area (Å²) in [5, 5.41) is 8.03. The van der Waals surface area contributed by atoms with E-state index in [0.29, 0.717) is 30.1 Å². The summed E-state index contributed by atoms with van der Waals surface area (Å²) in [6.07, 6.45) is 0.947. The van der Waals surface area contributed by atoms with Crippen LogP contribution in [-0.2, 0) is 4.79 Å². The molecule has 110 valence electrons. The Labute approximate surface area is 127 Å². The number of rotatable bonds is 6. The van der Waals surface area contributed by atoms with E-state index in [1.54, 1.807) is 12.1 Å². The van der Waals surface area contributed by atoms with Gasteiger partial charge in [0, 0.05) is 23.9 Å². The van der Waals surface area contributed by atoms with E-state index in [2.05, 4.69) is 15.6 Å². The van der Waals surface area contributed by atoms with Gasteiger partial charge in [0.1, 0.15) is 0 Å². The highest BCUT2D eigenvalue weighted by Crippen LogP contribution is 2.14. The standard InChI is InChI=1S/C15H17N3O2S/c1-11-10-21-15(17-11)18-13(19)8-5-9-16-14(20)12-6-3-2-4-7-12/h2-4,6-7,10H,5,8-9H2,1H3,(H,16,20)(H,17,18,19). The molecule has 2 aromatic rings. The van der Waals surface area contributed by atoms with Crippen LogP contribution >= 0.6 is 11.3 Å². The van der Waals surface area contributed by atoms with Crippen LogP contribution in [0.15, 0.2) is 35.7 Å². The lowest BCUT2D eigenvalue weighted by atomic mass is 10.2. The van der Waals surface area contributed by atoms with Crippen molar-refractivity contribution in [2.45, 2.75) is 19.8 Å². The van der Waals surface area contributed by atoms with Crippen LogP contribution in [0.4, 0.5) is 5.13 Å². The summed E-state index contributed by atoms with van der Waals surface area (Å²) in [5.74, 6) is -0.204. The Balaban J connectivity index is 1.65. The molecule has 2 N–H and O–H groups in total. The highest BCUT2D eigenvalue weighted by molar-refractivity contribution is 7.13. The summed E-state index contributed by atoms with van der Waals surface area (Å²) in [7, 11) is 0. The van der Waals surface area contributed by atoms with Gasteiger partial charge in [0.25, 0.3) is 5.91 Å². The Morgan fingerprint density at radius 1 is 1.24 bits per heavy atom. The SMILES string of the molecule is Cc1csc(NC(=O)CCCNC(=O)c2ccccc2)n1. The second-order valence-corrected chi connectivity index (χ2v) is 5.43. The minimum Gasteiger partial charge on any atom is -0.352 e. The van der Waals surface area contributed by atoms with Crippen molar-refractivity contribution in [1.82, 2.24) is 10.3 Å². The van der Waals surface area contributed by atoms with Gasteiger partial charge < -0.3 is 10.6 Å².